The van der Waals surface area contributed by atoms with Crippen LogP contribution in [0.1, 0.15) is 30.9 Å². The van der Waals surface area contributed by atoms with Crippen molar-refractivity contribution in [2.45, 2.75) is 38.6 Å². The average Bonchev–Trinajstić information content (AvgIpc) is 2.66. The molecule has 1 amide bonds. The second-order valence-electron chi connectivity index (χ2n) is 6.06. The minimum absolute atomic E-state index is 0.256. The third kappa shape index (κ3) is 2.93. The van der Waals surface area contributed by atoms with Crippen LogP contribution in [-0.2, 0) is 27.8 Å². The molecule has 0 saturated carbocycles. The average molecular weight is 357 g/mol. The number of fused-ring (bicyclic) bond motifs is 1. The van der Waals surface area contributed by atoms with Crippen molar-refractivity contribution < 1.29 is 22.7 Å². The third-order valence-corrected chi connectivity index (χ3v) is 5.86. The van der Waals surface area contributed by atoms with E-state index in [1.54, 1.807) is 4.72 Å². The molecule has 132 valence electrons. The predicted molar refractivity (Wildman–Crippen MR) is 86.6 cm³/mol. The van der Waals surface area contributed by atoms with E-state index in [1.807, 2.05) is 6.92 Å². The van der Waals surface area contributed by atoms with Gasteiger partial charge in [-0.1, -0.05) is 6.92 Å². The first-order chi connectivity index (χ1) is 11.3. The molecule has 0 aromatic heterocycles. The number of rotatable bonds is 3. The van der Waals surface area contributed by atoms with Crippen molar-refractivity contribution in [2.24, 2.45) is 0 Å². The number of halogens is 1. The molecule has 1 fully saturated rings. The molecule has 0 spiro atoms. The Labute approximate surface area is 140 Å². The Kier molecular flexibility index (Phi) is 4.39. The standard InChI is InChI=1S/C15H20FN3O4S/c1-2-17-10-4-3-9-7-12(20)15(14(16)11(9)6-5-10)19-8-13(21)18-24(19,22)23/h7,10,17,20H,2-6,8H2,1H3,(H,18,21)/t10-/m1/s1. The normalized spacial score (nSPS) is 22.8. The first-order valence-corrected chi connectivity index (χ1v) is 9.37. The molecule has 1 aliphatic carbocycles. The summed E-state index contributed by atoms with van der Waals surface area (Å²) in [7, 11) is -4.17. The minimum Gasteiger partial charge on any atom is -0.506 e. The lowest BCUT2D eigenvalue weighted by molar-refractivity contribution is -0.117. The number of aryl methyl sites for hydroxylation is 1. The van der Waals surface area contributed by atoms with Gasteiger partial charge in [-0.15, -0.1) is 0 Å². The Morgan fingerprint density at radius 1 is 1.42 bits per heavy atom. The van der Waals surface area contributed by atoms with Crippen molar-refractivity contribution in [3.8, 4) is 5.75 Å². The summed E-state index contributed by atoms with van der Waals surface area (Å²) in [6, 6.07) is 1.67. The number of hydrogen-bond donors (Lipinski definition) is 3. The molecule has 1 saturated heterocycles. The van der Waals surface area contributed by atoms with Gasteiger partial charge in [0.2, 0.25) is 0 Å². The number of nitrogens with one attached hydrogen (secondary N) is 2. The van der Waals surface area contributed by atoms with E-state index in [9.17, 15) is 18.3 Å². The molecule has 24 heavy (non-hydrogen) atoms. The first-order valence-electron chi connectivity index (χ1n) is 7.93. The Morgan fingerprint density at radius 2 is 2.12 bits per heavy atom. The zero-order valence-electron chi connectivity index (χ0n) is 13.3. The molecule has 2 aliphatic rings. The molecule has 1 atom stereocenters. The van der Waals surface area contributed by atoms with E-state index in [2.05, 4.69) is 5.32 Å². The number of phenolic OH excluding ortho intramolecular Hbond substituents is 1. The summed E-state index contributed by atoms with van der Waals surface area (Å²) in [5.41, 5.74) is 0.650. The highest BCUT2D eigenvalue weighted by molar-refractivity contribution is 7.92. The number of carbonyl (C=O) groups excluding carboxylic acids is 1. The van der Waals surface area contributed by atoms with E-state index in [-0.39, 0.29) is 6.04 Å². The minimum atomic E-state index is -4.17. The van der Waals surface area contributed by atoms with Gasteiger partial charge in [-0.2, -0.15) is 8.42 Å². The maximum atomic E-state index is 15.0. The summed E-state index contributed by atoms with van der Waals surface area (Å²) in [5, 5.41) is 13.5. The van der Waals surface area contributed by atoms with Crippen molar-refractivity contribution in [3.05, 3.63) is 23.0 Å². The summed E-state index contributed by atoms with van der Waals surface area (Å²) in [6.07, 6.45) is 2.59. The van der Waals surface area contributed by atoms with Gasteiger partial charge in [0.05, 0.1) is 0 Å². The number of carbonyl (C=O) groups is 1. The van der Waals surface area contributed by atoms with Crippen molar-refractivity contribution >= 4 is 21.8 Å². The predicted octanol–water partition coefficient (Wildman–Crippen LogP) is 0.569. The molecular weight excluding hydrogens is 337 g/mol. The fourth-order valence-electron chi connectivity index (χ4n) is 3.38. The fraction of sp³-hybridized carbons (Fsp3) is 0.533. The number of anilines is 1. The second-order valence-corrected chi connectivity index (χ2v) is 7.66. The van der Waals surface area contributed by atoms with Gasteiger partial charge in [0.25, 0.3) is 5.91 Å². The van der Waals surface area contributed by atoms with Crippen molar-refractivity contribution in [3.63, 3.8) is 0 Å². The lowest BCUT2D eigenvalue weighted by Crippen LogP contribution is -2.30. The van der Waals surface area contributed by atoms with Gasteiger partial charge in [-0.05, 0) is 49.4 Å². The fourth-order valence-corrected chi connectivity index (χ4v) is 4.54. The van der Waals surface area contributed by atoms with Crippen LogP contribution in [0.3, 0.4) is 0 Å². The molecule has 3 N–H and O–H groups in total. The first kappa shape index (κ1) is 17.0. The Morgan fingerprint density at radius 3 is 2.75 bits per heavy atom. The van der Waals surface area contributed by atoms with Crippen LogP contribution in [0.5, 0.6) is 5.75 Å². The molecule has 1 aromatic carbocycles. The van der Waals surface area contributed by atoms with Gasteiger partial charge in [0.1, 0.15) is 18.0 Å². The number of hydrogen-bond acceptors (Lipinski definition) is 5. The molecule has 1 aliphatic heterocycles. The molecule has 1 heterocycles. The SMILES string of the molecule is CCN[C@@H]1CCc2cc(O)c(N3CC(=O)NS3(=O)=O)c(F)c2CC1. The summed E-state index contributed by atoms with van der Waals surface area (Å²) in [5.74, 6) is -1.98. The number of nitrogens with zero attached hydrogens (tertiary/aromatic N) is 1. The monoisotopic (exact) mass is 357 g/mol. The largest absolute Gasteiger partial charge is 0.506 e. The quantitative estimate of drug-likeness (QED) is 0.687. The van der Waals surface area contributed by atoms with Crippen molar-refractivity contribution in [1.29, 1.82) is 0 Å². The van der Waals surface area contributed by atoms with E-state index >= 15 is 4.39 Å². The molecule has 0 unspecified atom stereocenters. The molecular formula is C15H20FN3O4S. The van der Waals surface area contributed by atoms with Crippen molar-refractivity contribution in [2.75, 3.05) is 17.4 Å². The van der Waals surface area contributed by atoms with Gasteiger partial charge in [-0.3, -0.25) is 4.79 Å². The van der Waals surface area contributed by atoms with E-state index in [0.717, 1.165) is 19.4 Å². The highest BCUT2D eigenvalue weighted by atomic mass is 32.2. The van der Waals surface area contributed by atoms with Crippen LogP contribution in [0.15, 0.2) is 6.07 Å². The Hall–Kier alpha value is -1.87. The van der Waals surface area contributed by atoms with E-state index in [1.165, 1.54) is 6.07 Å². The lowest BCUT2D eigenvalue weighted by Gasteiger charge is -2.20. The molecule has 0 radical (unpaired) electrons. The zero-order chi connectivity index (χ0) is 17.5. The zero-order valence-corrected chi connectivity index (χ0v) is 14.1. The van der Waals surface area contributed by atoms with Crippen LogP contribution in [0, 0.1) is 5.82 Å². The van der Waals surface area contributed by atoms with Crippen LogP contribution >= 0.6 is 0 Å². The van der Waals surface area contributed by atoms with Crippen LogP contribution in [0.25, 0.3) is 0 Å². The maximum absolute atomic E-state index is 15.0. The maximum Gasteiger partial charge on any atom is 0.326 e. The number of aromatic hydroxyl groups is 1. The van der Waals surface area contributed by atoms with E-state index in [0.29, 0.717) is 28.3 Å². The van der Waals surface area contributed by atoms with E-state index in [4.69, 9.17) is 0 Å². The number of amides is 1. The third-order valence-electron chi connectivity index (χ3n) is 4.48. The van der Waals surface area contributed by atoms with E-state index < -0.39 is 39.9 Å². The number of phenols is 1. The second kappa shape index (κ2) is 6.21. The topological polar surface area (TPSA) is 98.7 Å². The smallest absolute Gasteiger partial charge is 0.326 e. The van der Waals surface area contributed by atoms with Gasteiger partial charge in [-0.25, -0.2) is 13.4 Å². The summed E-state index contributed by atoms with van der Waals surface area (Å²) < 4.78 is 41.3. The van der Waals surface area contributed by atoms with Gasteiger partial charge >= 0.3 is 10.2 Å². The van der Waals surface area contributed by atoms with Crippen molar-refractivity contribution in [1.82, 2.24) is 10.0 Å². The molecule has 9 heteroatoms. The molecule has 7 nitrogen and oxygen atoms in total. The Balaban J connectivity index is 2.02. The molecule has 3 rings (SSSR count). The van der Waals surface area contributed by atoms with Crippen LogP contribution in [-0.4, -0.2) is 38.6 Å². The van der Waals surface area contributed by atoms with Crippen LogP contribution in [0.2, 0.25) is 0 Å². The van der Waals surface area contributed by atoms with Gasteiger partial charge < -0.3 is 10.4 Å². The van der Waals surface area contributed by atoms with Crippen LogP contribution < -0.4 is 14.3 Å². The highest BCUT2D eigenvalue weighted by Crippen LogP contribution is 2.39. The highest BCUT2D eigenvalue weighted by Gasteiger charge is 2.38. The number of benzene rings is 1. The summed E-state index contributed by atoms with van der Waals surface area (Å²) >= 11 is 0. The Bertz CT molecular complexity index is 781. The van der Waals surface area contributed by atoms with Gasteiger partial charge in [0, 0.05) is 6.04 Å². The molecule has 1 aromatic rings. The lowest BCUT2D eigenvalue weighted by atomic mass is 10.0. The van der Waals surface area contributed by atoms with Gasteiger partial charge in [0.15, 0.2) is 5.82 Å². The summed E-state index contributed by atoms with van der Waals surface area (Å²) in [4.78, 5) is 11.4. The van der Waals surface area contributed by atoms with Crippen LogP contribution in [0.4, 0.5) is 10.1 Å². The molecule has 0 bridgehead atoms. The summed E-state index contributed by atoms with van der Waals surface area (Å²) in [6.45, 7) is 2.29.